The average molecular weight is 300 g/mol. The maximum Gasteiger partial charge on any atom is 0.258 e. The van der Waals surface area contributed by atoms with Gasteiger partial charge in [0.2, 0.25) is 0 Å². The molecule has 0 spiro atoms. The first-order valence-electron chi connectivity index (χ1n) is 6.35. The predicted octanol–water partition coefficient (Wildman–Crippen LogP) is 2.61. The Morgan fingerprint density at radius 1 is 1.05 bits per heavy atom. The van der Waals surface area contributed by atoms with Crippen molar-refractivity contribution in [2.24, 2.45) is 5.73 Å². The smallest absolute Gasteiger partial charge is 0.258 e. The summed E-state index contributed by atoms with van der Waals surface area (Å²) < 4.78 is 5.10. The first-order valence-corrected chi connectivity index (χ1v) is 6.75. The van der Waals surface area contributed by atoms with E-state index < -0.39 is 0 Å². The van der Waals surface area contributed by atoms with Gasteiger partial charge in [-0.15, -0.1) is 0 Å². The molecule has 0 aliphatic rings. The highest BCUT2D eigenvalue weighted by atomic mass is 32.1. The second-order valence-corrected chi connectivity index (χ2v) is 4.94. The van der Waals surface area contributed by atoms with Gasteiger partial charge in [0.05, 0.1) is 7.11 Å². The molecule has 0 heterocycles. The minimum absolute atomic E-state index is 0.102. The van der Waals surface area contributed by atoms with Gasteiger partial charge in [0, 0.05) is 23.9 Å². The third-order valence-corrected chi connectivity index (χ3v) is 3.42. The topological polar surface area (TPSA) is 55.6 Å². The highest BCUT2D eigenvalue weighted by Crippen LogP contribution is 2.20. The van der Waals surface area contributed by atoms with Gasteiger partial charge >= 0.3 is 0 Å². The molecule has 0 unspecified atom stereocenters. The molecule has 4 nitrogen and oxygen atoms in total. The Balaban J connectivity index is 2.19. The Kier molecular flexibility index (Phi) is 4.55. The van der Waals surface area contributed by atoms with E-state index in [0.29, 0.717) is 10.6 Å². The third-order valence-electron chi connectivity index (χ3n) is 3.18. The number of nitrogens with two attached hydrogens (primary N) is 1. The molecule has 0 aromatic heterocycles. The lowest BCUT2D eigenvalue weighted by molar-refractivity contribution is 0.0993. The number of methoxy groups -OCH3 is 1. The summed E-state index contributed by atoms with van der Waals surface area (Å²) in [5, 5.41) is 0. The summed E-state index contributed by atoms with van der Waals surface area (Å²) in [7, 11) is 3.33. The van der Waals surface area contributed by atoms with Crippen LogP contribution in [-0.4, -0.2) is 25.1 Å². The van der Waals surface area contributed by atoms with Crippen LogP contribution in [0.2, 0.25) is 0 Å². The zero-order chi connectivity index (χ0) is 15.4. The number of hydrogen-bond donors (Lipinski definition) is 1. The van der Waals surface area contributed by atoms with Crippen LogP contribution in [0.15, 0.2) is 48.5 Å². The maximum absolute atomic E-state index is 12.4. The number of carbonyl (C=O) groups excluding carboxylic acids is 1. The normalized spacial score (nSPS) is 10.0. The van der Waals surface area contributed by atoms with E-state index in [1.807, 2.05) is 24.3 Å². The molecule has 0 bridgehead atoms. The summed E-state index contributed by atoms with van der Waals surface area (Å²) >= 11 is 4.89. The molecule has 5 heteroatoms. The molecule has 0 fully saturated rings. The van der Waals surface area contributed by atoms with Crippen LogP contribution in [0.4, 0.5) is 5.69 Å². The number of nitrogens with zero attached hydrogens (tertiary/aromatic N) is 1. The largest absolute Gasteiger partial charge is 0.497 e. The number of anilines is 1. The Morgan fingerprint density at radius 3 is 2.05 bits per heavy atom. The zero-order valence-electron chi connectivity index (χ0n) is 11.9. The van der Waals surface area contributed by atoms with Gasteiger partial charge in [0.15, 0.2) is 0 Å². The number of rotatable bonds is 4. The van der Waals surface area contributed by atoms with Gasteiger partial charge in [-0.3, -0.25) is 4.79 Å². The van der Waals surface area contributed by atoms with Crippen molar-refractivity contribution in [2.75, 3.05) is 19.1 Å². The van der Waals surface area contributed by atoms with Crippen molar-refractivity contribution in [3.63, 3.8) is 0 Å². The first-order chi connectivity index (χ1) is 10.0. The third kappa shape index (κ3) is 3.38. The standard InChI is InChI=1S/C16H16N2O2S/c1-18(13-7-9-14(20-2)10-8-13)16(19)12-5-3-11(4-6-12)15(17)21/h3-10H,1-2H3,(H2,17,21). The monoisotopic (exact) mass is 300 g/mol. The lowest BCUT2D eigenvalue weighted by Crippen LogP contribution is -2.26. The number of carbonyl (C=O) groups is 1. The van der Waals surface area contributed by atoms with Crippen molar-refractivity contribution in [2.45, 2.75) is 0 Å². The van der Waals surface area contributed by atoms with Crippen LogP contribution in [0.5, 0.6) is 5.75 Å². The van der Waals surface area contributed by atoms with Crippen molar-refractivity contribution >= 4 is 28.8 Å². The van der Waals surface area contributed by atoms with Gasteiger partial charge in [0.1, 0.15) is 10.7 Å². The molecule has 0 aliphatic heterocycles. The molecule has 0 saturated heterocycles. The van der Waals surface area contributed by atoms with Crippen LogP contribution < -0.4 is 15.4 Å². The molecule has 1 amide bonds. The number of benzene rings is 2. The average Bonchev–Trinajstić information content (AvgIpc) is 2.53. The van der Waals surface area contributed by atoms with Crippen LogP contribution in [0, 0.1) is 0 Å². The molecule has 0 atom stereocenters. The van der Waals surface area contributed by atoms with Crippen LogP contribution in [-0.2, 0) is 0 Å². The quantitative estimate of drug-likeness (QED) is 0.882. The van der Waals surface area contributed by atoms with Crippen LogP contribution in [0.1, 0.15) is 15.9 Å². The summed E-state index contributed by atoms with van der Waals surface area (Å²) in [6, 6.07) is 14.2. The summed E-state index contributed by atoms with van der Waals surface area (Å²) in [6.07, 6.45) is 0. The second kappa shape index (κ2) is 6.37. The molecule has 108 valence electrons. The number of thiocarbonyl (C=S) groups is 1. The first kappa shape index (κ1) is 15.0. The molecule has 0 aliphatic carbocycles. The Hall–Kier alpha value is -2.40. The fourth-order valence-corrected chi connectivity index (χ4v) is 2.03. The summed E-state index contributed by atoms with van der Waals surface area (Å²) in [5.41, 5.74) is 7.65. The molecule has 2 rings (SSSR count). The minimum atomic E-state index is -0.102. The molecular weight excluding hydrogens is 284 g/mol. The molecule has 2 aromatic carbocycles. The van der Waals surface area contributed by atoms with Crippen LogP contribution in [0.25, 0.3) is 0 Å². The fourth-order valence-electron chi connectivity index (χ4n) is 1.89. The van der Waals surface area contributed by atoms with Gasteiger partial charge < -0.3 is 15.4 Å². The number of amides is 1. The minimum Gasteiger partial charge on any atom is -0.497 e. The molecular formula is C16H16N2O2S. The van der Waals surface area contributed by atoms with E-state index in [4.69, 9.17) is 22.7 Å². The lowest BCUT2D eigenvalue weighted by atomic mass is 10.1. The predicted molar refractivity (Wildman–Crippen MR) is 88.1 cm³/mol. The van der Waals surface area contributed by atoms with E-state index in [-0.39, 0.29) is 5.91 Å². The SMILES string of the molecule is COc1ccc(N(C)C(=O)c2ccc(C(N)=S)cc2)cc1. The number of ether oxygens (including phenoxy) is 1. The van der Waals surface area contributed by atoms with Crippen LogP contribution in [0.3, 0.4) is 0 Å². The van der Waals surface area contributed by atoms with Gasteiger partial charge in [-0.2, -0.15) is 0 Å². The van der Waals surface area contributed by atoms with E-state index >= 15 is 0 Å². The summed E-state index contributed by atoms with van der Waals surface area (Å²) in [6.45, 7) is 0. The van der Waals surface area contributed by atoms with E-state index in [1.54, 1.807) is 43.3 Å². The highest BCUT2D eigenvalue weighted by molar-refractivity contribution is 7.80. The van der Waals surface area contributed by atoms with Crippen LogP contribution >= 0.6 is 12.2 Å². The Bertz CT molecular complexity index is 651. The van der Waals surface area contributed by atoms with Crippen molar-refractivity contribution in [3.05, 3.63) is 59.7 Å². The molecule has 2 aromatic rings. The highest BCUT2D eigenvalue weighted by Gasteiger charge is 2.13. The number of hydrogen-bond acceptors (Lipinski definition) is 3. The Labute approximate surface area is 129 Å². The zero-order valence-corrected chi connectivity index (χ0v) is 12.7. The maximum atomic E-state index is 12.4. The van der Waals surface area contributed by atoms with Gasteiger partial charge in [-0.1, -0.05) is 24.4 Å². The van der Waals surface area contributed by atoms with E-state index in [2.05, 4.69) is 0 Å². The summed E-state index contributed by atoms with van der Waals surface area (Å²) in [5.74, 6) is 0.648. The molecule has 21 heavy (non-hydrogen) atoms. The van der Waals surface area contributed by atoms with Gasteiger partial charge in [-0.05, 0) is 36.4 Å². The fraction of sp³-hybridized carbons (Fsp3) is 0.125. The second-order valence-electron chi connectivity index (χ2n) is 4.50. The Morgan fingerprint density at radius 2 is 1.57 bits per heavy atom. The van der Waals surface area contributed by atoms with Gasteiger partial charge in [-0.25, -0.2) is 0 Å². The lowest BCUT2D eigenvalue weighted by Gasteiger charge is -2.18. The van der Waals surface area contributed by atoms with Crippen molar-refractivity contribution < 1.29 is 9.53 Å². The van der Waals surface area contributed by atoms with E-state index in [1.165, 1.54) is 0 Å². The molecule has 0 radical (unpaired) electrons. The molecule has 2 N–H and O–H groups in total. The van der Waals surface area contributed by atoms with Gasteiger partial charge in [0.25, 0.3) is 5.91 Å². The van der Waals surface area contributed by atoms with E-state index in [0.717, 1.165) is 17.0 Å². The van der Waals surface area contributed by atoms with Crippen molar-refractivity contribution in [1.29, 1.82) is 0 Å². The van der Waals surface area contributed by atoms with E-state index in [9.17, 15) is 4.79 Å². The van der Waals surface area contributed by atoms with Crippen molar-refractivity contribution in [3.8, 4) is 5.75 Å². The van der Waals surface area contributed by atoms with Crippen molar-refractivity contribution in [1.82, 2.24) is 0 Å². The summed E-state index contributed by atoms with van der Waals surface area (Å²) in [4.78, 5) is 14.3. The molecule has 0 saturated carbocycles.